The van der Waals surface area contributed by atoms with Crippen LogP contribution in [0.3, 0.4) is 0 Å². The summed E-state index contributed by atoms with van der Waals surface area (Å²) in [6.45, 7) is 0. The molecule has 0 bridgehead atoms. The van der Waals surface area contributed by atoms with Gasteiger partial charge in [0, 0.05) is 33.5 Å². The van der Waals surface area contributed by atoms with Crippen LogP contribution in [-0.4, -0.2) is 4.57 Å². The Hall–Kier alpha value is -8.20. The Morgan fingerprint density at radius 3 is 1.63 bits per heavy atom. The van der Waals surface area contributed by atoms with Crippen molar-refractivity contribution in [2.24, 2.45) is 0 Å². The summed E-state index contributed by atoms with van der Waals surface area (Å²) < 4.78 is 2.42. The molecule has 2 nitrogen and oxygen atoms in total. The first-order valence-corrected chi connectivity index (χ1v) is 21.3. The highest BCUT2D eigenvalue weighted by Crippen LogP contribution is 2.43. The van der Waals surface area contributed by atoms with Crippen molar-refractivity contribution in [3.05, 3.63) is 243 Å². The first-order chi connectivity index (χ1) is 30.7. The molecule has 290 valence electrons. The Labute approximate surface area is 360 Å². The van der Waals surface area contributed by atoms with E-state index in [0.29, 0.717) is 0 Å². The van der Waals surface area contributed by atoms with Crippen LogP contribution in [0.15, 0.2) is 243 Å². The maximum Gasteiger partial charge on any atom is 0.0547 e. The number of benzene rings is 11. The number of rotatable bonds is 7. The standard InChI is InChI=1S/C60H40N2/c1-3-14-41(15-4-1)44-19-11-23-52(37-44)61(51-33-30-42(31-34-51)47-32-35-55-49(36-47)29-28-43-16-9-10-25-54(43)55)53-24-12-20-48(38-53)56-26-13-27-58-60(56)57-39-45-17-7-8-18-46(45)40-59(57)62(58)50-21-5-2-6-22-50/h1-40H. The average molecular weight is 789 g/mol. The molecule has 1 aromatic heterocycles. The van der Waals surface area contributed by atoms with Gasteiger partial charge in [-0.15, -0.1) is 0 Å². The molecule has 2 heteroatoms. The highest BCUT2D eigenvalue weighted by atomic mass is 15.1. The molecule has 0 aliphatic carbocycles. The molecule has 0 N–H and O–H groups in total. The first kappa shape index (κ1) is 35.7. The Balaban J connectivity index is 1.01. The van der Waals surface area contributed by atoms with E-state index in [2.05, 4.69) is 252 Å². The predicted octanol–water partition coefficient (Wildman–Crippen LogP) is 16.7. The lowest BCUT2D eigenvalue weighted by Gasteiger charge is -2.27. The number of anilines is 3. The van der Waals surface area contributed by atoms with Gasteiger partial charge in [0.05, 0.1) is 11.0 Å². The van der Waals surface area contributed by atoms with E-state index < -0.39 is 0 Å². The summed E-state index contributed by atoms with van der Waals surface area (Å²) in [6.07, 6.45) is 0. The van der Waals surface area contributed by atoms with Crippen LogP contribution in [-0.2, 0) is 0 Å². The molecule has 0 amide bonds. The zero-order valence-electron chi connectivity index (χ0n) is 34.0. The number of aromatic nitrogens is 1. The minimum Gasteiger partial charge on any atom is -0.310 e. The van der Waals surface area contributed by atoms with Crippen molar-refractivity contribution in [1.29, 1.82) is 0 Å². The van der Waals surface area contributed by atoms with E-state index in [-0.39, 0.29) is 0 Å². The van der Waals surface area contributed by atoms with Crippen molar-refractivity contribution in [3.8, 4) is 39.1 Å². The summed E-state index contributed by atoms with van der Waals surface area (Å²) in [6, 6.07) is 88.5. The van der Waals surface area contributed by atoms with E-state index in [1.807, 2.05) is 0 Å². The van der Waals surface area contributed by atoms with Crippen LogP contribution in [0.2, 0.25) is 0 Å². The van der Waals surface area contributed by atoms with Crippen LogP contribution in [0.4, 0.5) is 17.1 Å². The minimum absolute atomic E-state index is 1.09. The molecule has 0 spiro atoms. The van der Waals surface area contributed by atoms with E-state index in [0.717, 1.165) is 28.3 Å². The quantitative estimate of drug-likeness (QED) is 0.146. The summed E-state index contributed by atoms with van der Waals surface area (Å²) in [5.74, 6) is 0. The van der Waals surface area contributed by atoms with Crippen LogP contribution in [0.25, 0.3) is 93.2 Å². The van der Waals surface area contributed by atoms with Crippen molar-refractivity contribution in [2.75, 3.05) is 4.90 Å². The highest BCUT2D eigenvalue weighted by Gasteiger charge is 2.19. The van der Waals surface area contributed by atoms with Gasteiger partial charge in [0.15, 0.2) is 0 Å². The van der Waals surface area contributed by atoms with Crippen LogP contribution in [0.1, 0.15) is 0 Å². The average Bonchev–Trinajstić information content (AvgIpc) is 3.67. The van der Waals surface area contributed by atoms with Gasteiger partial charge in [-0.1, -0.05) is 170 Å². The lowest BCUT2D eigenvalue weighted by Crippen LogP contribution is -2.10. The van der Waals surface area contributed by atoms with E-state index in [9.17, 15) is 0 Å². The molecule has 12 aromatic rings. The fourth-order valence-corrected chi connectivity index (χ4v) is 9.56. The third kappa shape index (κ3) is 6.12. The smallest absolute Gasteiger partial charge is 0.0547 e. The number of hydrogen-bond acceptors (Lipinski definition) is 1. The summed E-state index contributed by atoms with van der Waals surface area (Å²) in [5.41, 5.74) is 13.9. The maximum absolute atomic E-state index is 2.42. The van der Waals surface area contributed by atoms with E-state index in [1.165, 1.54) is 81.9 Å². The Kier molecular flexibility index (Phi) is 8.53. The molecule has 12 rings (SSSR count). The molecule has 0 radical (unpaired) electrons. The van der Waals surface area contributed by atoms with Gasteiger partial charge in [-0.25, -0.2) is 0 Å². The fourth-order valence-electron chi connectivity index (χ4n) is 9.56. The Morgan fingerprint density at radius 2 is 0.839 bits per heavy atom. The number of nitrogens with zero attached hydrogens (tertiary/aromatic N) is 2. The number of para-hydroxylation sites is 1. The maximum atomic E-state index is 2.42. The summed E-state index contributed by atoms with van der Waals surface area (Å²) >= 11 is 0. The number of fused-ring (bicyclic) bond motifs is 7. The largest absolute Gasteiger partial charge is 0.310 e. The summed E-state index contributed by atoms with van der Waals surface area (Å²) in [4.78, 5) is 2.40. The van der Waals surface area contributed by atoms with E-state index in [1.54, 1.807) is 0 Å². The topological polar surface area (TPSA) is 8.17 Å². The van der Waals surface area contributed by atoms with Gasteiger partial charge < -0.3 is 9.47 Å². The first-order valence-electron chi connectivity index (χ1n) is 21.3. The van der Waals surface area contributed by atoms with Crippen molar-refractivity contribution in [1.82, 2.24) is 4.57 Å². The SMILES string of the molecule is c1ccc(-c2cccc(N(c3ccc(-c4ccc5c(ccc6ccccc65)c4)cc3)c3cccc(-c4cccc5c4c4cc6ccccc6cc4n5-c4ccccc4)c3)c2)cc1. The van der Waals surface area contributed by atoms with Crippen LogP contribution < -0.4 is 4.90 Å². The molecular weight excluding hydrogens is 749 g/mol. The van der Waals surface area contributed by atoms with E-state index in [4.69, 9.17) is 0 Å². The number of hydrogen-bond donors (Lipinski definition) is 0. The zero-order chi connectivity index (χ0) is 41.0. The summed E-state index contributed by atoms with van der Waals surface area (Å²) in [5, 5.41) is 10.0. The van der Waals surface area contributed by atoms with Gasteiger partial charge in [-0.2, -0.15) is 0 Å². The monoisotopic (exact) mass is 788 g/mol. The van der Waals surface area contributed by atoms with Gasteiger partial charge >= 0.3 is 0 Å². The van der Waals surface area contributed by atoms with Gasteiger partial charge in [0.2, 0.25) is 0 Å². The van der Waals surface area contributed by atoms with Crippen LogP contribution >= 0.6 is 0 Å². The Morgan fingerprint density at radius 1 is 0.274 bits per heavy atom. The molecular formula is C60H40N2. The molecule has 0 atom stereocenters. The van der Waals surface area contributed by atoms with Gasteiger partial charge in [-0.3, -0.25) is 0 Å². The molecule has 0 saturated carbocycles. The van der Waals surface area contributed by atoms with Crippen LogP contribution in [0, 0.1) is 0 Å². The van der Waals surface area contributed by atoms with Gasteiger partial charge in [0.1, 0.15) is 0 Å². The van der Waals surface area contributed by atoms with Crippen molar-refractivity contribution in [2.45, 2.75) is 0 Å². The second kappa shape index (κ2) is 14.8. The third-order valence-corrected chi connectivity index (χ3v) is 12.5. The zero-order valence-corrected chi connectivity index (χ0v) is 34.0. The summed E-state index contributed by atoms with van der Waals surface area (Å²) in [7, 11) is 0. The fraction of sp³-hybridized carbons (Fsp3) is 0. The molecule has 0 aliphatic rings. The Bertz CT molecular complexity index is 3620. The molecule has 0 fully saturated rings. The van der Waals surface area contributed by atoms with Crippen molar-refractivity contribution >= 4 is 71.2 Å². The molecule has 0 unspecified atom stereocenters. The normalized spacial score (nSPS) is 11.5. The lowest BCUT2D eigenvalue weighted by molar-refractivity contribution is 1.18. The third-order valence-electron chi connectivity index (χ3n) is 12.5. The molecule has 0 aliphatic heterocycles. The second-order valence-electron chi connectivity index (χ2n) is 16.2. The van der Waals surface area contributed by atoms with E-state index >= 15 is 0 Å². The van der Waals surface area contributed by atoms with Crippen molar-refractivity contribution < 1.29 is 0 Å². The molecule has 11 aromatic carbocycles. The minimum atomic E-state index is 1.09. The lowest BCUT2D eigenvalue weighted by atomic mass is 9.97. The molecule has 1 heterocycles. The second-order valence-corrected chi connectivity index (χ2v) is 16.2. The predicted molar refractivity (Wildman–Crippen MR) is 264 cm³/mol. The highest BCUT2D eigenvalue weighted by molar-refractivity contribution is 6.19. The van der Waals surface area contributed by atoms with Gasteiger partial charge in [-0.05, 0) is 138 Å². The van der Waals surface area contributed by atoms with Gasteiger partial charge in [0.25, 0.3) is 0 Å². The van der Waals surface area contributed by atoms with Crippen LogP contribution in [0.5, 0.6) is 0 Å². The molecule has 62 heavy (non-hydrogen) atoms. The van der Waals surface area contributed by atoms with Crippen molar-refractivity contribution in [3.63, 3.8) is 0 Å². The molecule has 0 saturated heterocycles.